The van der Waals surface area contributed by atoms with Gasteiger partial charge in [-0.05, 0) is 0 Å². The second kappa shape index (κ2) is 5.01. The van der Waals surface area contributed by atoms with Crippen LogP contribution in [0.15, 0.2) is 18.6 Å². The Labute approximate surface area is 104 Å². The predicted octanol–water partition coefficient (Wildman–Crippen LogP) is 1.48. The summed E-state index contributed by atoms with van der Waals surface area (Å²) in [6.45, 7) is 0.591. The van der Waals surface area contributed by atoms with Crippen molar-refractivity contribution in [1.29, 1.82) is 0 Å². The van der Waals surface area contributed by atoms with E-state index in [1.54, 1.807) is 10.9 Å². The normalized spacial score (nSPS) is 10.3. The van der Waals surface area contributed by atoms with E-state index in [2.05, 4.69) is 20.4 Å². The number of halogens is 1. The van der Waals surface area contributed by atoms with E-state index in [0.29, 0.717) is 17.4 Å². The first-order valence-corrected chi connectivity index (χ1v) is 5.35. The number of rotatable bonds is 4. The third-order valence-electron chi connectivity index (χ3n) is 2.12. The van der Waals surface area contributed by atoms with Crippen molar-refractivity contribution < 1.29 is 4.74 Å². The maximum atomic E-state index is 5.96. The molecule has 0 spiro atoms. The Morgan fingerprint density at radius 3 is 2.94 bits per heavy atom. The lowest BCUT2D eigenvalue weighted by atomic mass is 10.3. The minimum Gasteiger partial charge on any atom is -0.467 e. The standard InChI is InChI=1S/C10H12ClN5O/c1-16-6-7(4-14-16)3-12-9-8(11)5-13-10(15-9)17-2/h4-6H,3H2,1-2H3,(H,12,13,15). The SMILES string of the molecule is COc1ncc(Cl)c(NCc2cnn(C)c2)n1. The summed E-state index contributed by atoms with van der Waals surface area (Å²) in [6.07, 6.45) is 5.19. The number of anilines is 1. The Bertz CT molecular complexity index is 513. The summed E-state index contributed by atoms with van der Waals surface area (Å²) in [5.74, 6) is 0.544. The second-order valence-electron chi connectivity index (χ2n) is 3.43. The van der Waals surface area contributed by atoms with Crippen molar-refractivity contribution in [2.75, 3.05) is 12.4 Å². The quantitative estimate of drug-likeness (QED) is 0.894. The molecule has 0 aromatic carbocycles. The van der Waals surface area contributed by atoms with Crippen LogP contribution >= 0.6 is 11.6 Å². The molecule has 0 saturated heterocycles. The Balaban J connectivity index is 2.07. The molecule has 0 radical (unpaired) electrons. The van der Waals surface area contributed by atoms with Gasteiger partial charge in [-0.3, -0.25) is 4.68 Å². The molecule has 2 aromatic heterocycles. The first kappa shape index (κ1) is 11.7. The van der Waals surface area contributed by atoms with Crippen LogP contribution in [0.3, 0.4) is 0 Å². The molecular weight excluding hydrogens is 242 g/mol. The van der Waals surface area contributed by atoms with Crippen LogP contribution in [-0.4, -0.2) is 26.9 Å². The third kappa shape index (κ3) is 2.85. The molecular formula is C10H12ClN5O. The van der Waals surface area contributed by atoms with Crippen LogP contribution in [0.1, 0.15) is 5.56 Å². The van der Waals surface area contributed by atoms with Gasteiger partial charge in [-0.15, -0.1) is 0 Å². The monoisotopic (exact) mass is 253 g/mol. The van der Waals surface area contributed by atoms with Crippen molar-refractivity contribution in [3.63, 3.8) is 0 Å². The molecule has 6 nitrogen and oxygen atoms in total. The molecule has 0 aliphatic rings. The highest BCUT2D eigenvalue weighted by Gasteiger charge is 2.05. The molecule has 90 valence electrons. The lowest BCUT2D eigenvalue weighted by molar-refractivity contribution is 0.380. The molecule has 1 N–H and O–H groups in total. The Kier molecular flexibility index (Phi) is 3.43. The van der Waals surface area contributed by atoms with Crippen molar-refractivity contribution in [2.45, 2.75) is 6.54 Å². The van der Waals surface area contributed by atoms with Crippen LogP contribution in [0.2, 0.25) is 5.02 Å². The number of hydrogen-bond donors (Lipinski definition) is 1. The van der Waals surface area contributed by atoms with Crippen LogP contribution in [0.4, 0.5) is 5.82 Å². The fourth-order valence-electron chi connectivity index (χ4n) is 1.32. The van der Waals surface area contributed by atoms with Crippen molar-refractivity contribution >= 4 is 17.4 Å². The van der Waals surface area contributed by atoms with Crippen LogP contribution in [0.25, 0.3) is 0 Å². The molecule has 0 fully saturated rings. The number of ether oxygens (including phenoxy) is 1. The van der Waals surface area contributed by atoms with Gasteiger partial charge in [-0.1, -0.05) is 11.6 Å². The summed E-state index contributed by atoms with van der Waals surface area (Å²) in [6, 6.07) is 0.281. The zero-order valence-electron chi connectivity index (χ0n) is 9.51. The number of methoxy groups -OCH3 is 1. The van der Waals surface area contributed by atoms with Crippen molar-refractivity contribution in [2.24, 2.45) is 7.05 Å². The zero-order chi connectivity index (χ0) is 12.3. The van der Waals surface area contributed by atoms with E-state index in [1.807, 2.05) is 13.2 Å². The molecule has 0 unspecified atom stereocenters. The van der Waals surface area contributed by atoms with Crippen molar-refractivity contribution in [1.82, 2.24) is 19.7 Å². The molecule has 2 rings (SSSR count). The van der Waals surface area contributed by atoms with Gasteiger partial charge in [0.05, 0.1) is 19.5 Å². The van der Waals surface area contributed by atoms with E-state index in [-0.39, 0.29) is 6.01 Å². The second-order valence-corrected chi connectivity index (χ2v) is 3.84. The van der Waals surface area contributed by atoms with Gasteiger partial charge in [-0.2, -0.15) is 10.1 Å². The Morgan fingerprint density at radius 2 is 2.29 bits per heavy atom. The highest BCUT2D eigenvalue weighted by molar-refractivity contribution is 6.32. The molecule has 0 bridgehead atoms. The van der Waals surface area contributed by atoms with Gasteiger partial charge in [0.15, 0.2) is 5.82 Å². The summed E-state index contributed by atoms with van der Waals surface area (Å²) in [5, 5.41) is 7.63. The molecule has 0 atom stereocenters. The topological polar surface area (TPSA) is 64.9 Å². The fraction of sp³-hybridized carbons (Fsp3) is 0.300. The average molecular weight is 254 g/mol. The molecule has 2 heterocycles. The smallest absolute Gasteiger partial charge is 0.318 e. The summed E-state index contributed by atoms with van der Waals surface area (Å²) < 4.78 is 6.66. The van der Waals surface area contributed by atoms with Crippen LogP contribution in [-0.2, 0) is 13.6 Å². The average Bonchev–Trinajstić information content (AvgIpc) is 2.74. The largest absolute Gasteiger partial charge is 0.467 e. The summed E-state index contributed by atoms with van der Waals surface area (Å²) in [7, 11) is 3.37. The summed E-state index contributed by atoms with van der Waals surface area (Å²) in [5.41, 5.74) is 1.04. The highest BCUT2D eigenvalue weighted by Crippen LogP contribution is 2.20. The molecule has 17 heavy (non-hydrogen) atoms. The molecule has 7 heteroatoms. The van der Waals surface area contributed by atoms with Gasteiger partial charge in [0, 0.05) is 25.4 Å². The molecule has 0 saturated carbocycles. The Morgan fingerprint density at radius 1 is 1.47 bits per heavy atom. The van der Waals surface area contributed by atoms with E-state index in [9.17, 15) is 0 Å². The first-order chi connectivity index (χ1) is 8.19. The zero-order valence-corrected chi connectivity index (χ0v) is 10.3. The van der Waals surface area contributed by atoms with E-state index in [1.165, 1.54) is 13.3 Å². The van der Waals surface area contributed by atoms with Crippen LogP contribution < -0.4 is 10.1 Å². The van der Waals surface area contributed by atoms with Crippen LogP contribution in [0, 0.1) is 0 Å². The lowest BCUT2D eigenvalue weighted by Gasteiger charge is -2.06. The molecule has 0 amide bonds. The number of nitrogens with one attached hydrogen (secondary N) is 1. The van der Waals surface area contributed by atoms with Crippen molar-refractivity contribution in [3.8, 4) is 6.01 Å². The maximum Gasteiger partial charge on any atom is 0.318 e. The molecule has 2 aromatic rings. The van der Waals surface area contributed by atoms with Gasteiger partial charge in [0.25, 0.3) is 0 Å². The third-order valence-corrected chi connectivity index (χ3v) is 2.40. The van der Waals surface area contributed by atoms with Gasteiger partial charge >= 0.3 is 6.01 Å². The summed E-state index contributed by atoms with van der Waals surface area (Å²) >= 11 is 5.96. The minimum atomic E-state index is 0.281. The van der Waals surface area contributed by atoms with E-state index < -0.39 is 0 Å². The minimum absolute atomic E-state index is 0.281. The highest BCUT2D eigenvalue weighted by atomic mass is 35.5. The van der Waals surface area contributed by atoms with E-state index >= 15 is 0 Å². The first-order valence-electron chi connectivity index (χ1n) is 4.97. The molecule has 0 aliphatic carbocycles. The molecule has 0 aliphatic heterocycles. The van der Waals surface area contributed by atoms with Crippen molar-refractivity contribution in [3.05, 3.63) is 29.2 Å². The number of aryl methyl sites for hydroxylation is 1. The van der Waals surface area contributed by atoms with Gasteiger partial charge in [0.2, 0.25) is 0 Å². The van der Waals surface area contributed by atoms with Gasteiger partial charge in [-0.25, -0.2) is 4.98 Å². The Hall–Kier alpha value is -1.82. The fourth-order valence-corrected chi connectivity index (χ4v) is 1.48. The number of hydrogen-bond acceptors (Lipinski definition) is 5. The maximum absolute atomic E-state index is 5.96. The number of nitrogens with zero attached hydrogens (tertiary/aromatic N) is 4. The van der Waals surface area contributed by atoms with Gasteiger partial charge in [0.1, 0.15) is 5.02 Å². The summed E-state index contributed by atoms with van der Waals surface area (Å²) in [4.78, 5) is 8.00. The van der Waals surface area contributed by atoms with E-state index in [4.69, 9.17) is 16.3 Å². The van der Waals surface area contributed by atoms with E-state index in [0.717, 1.165) is 5.56 Å². The van der Waals surface area contributed by atoms with Gasteiger partial charge < -0.3 is 10.1 Å². The lowest BCUT2D eigenvalue weighted by Crippen LogP contribution is -2.03. The predicted molar refractivity (Wildman–Crippen MR) is 64.1 cm³/mol. The van der Waals surface area contributed by atoms with Crippen LogP contribution in [0.5, 0.6) is 6.01 Å². The number of aromatic nitrogens is 4.